The van der Waals surface area contributed by atoms with E-state index in [-0.39, 0.29) is 35.4 Å². The summed E-state index contributed by atoms with van der Waals surface area (Å²) in [6.07, 6.45) is 0.749. The summed E-state index contributed by atoms with van der Waals surface area (Å²) < 4.78 is 10.7. The number of thioether (sulfide) groups is 1. The van der Waals surface area contributed by atoms with Crippen molar-refractivity contribution in [1.29, 1.82) is 0 Å². The first-order chi connectivity index (χ1) is 15.1. The molecule has 1 atom stereocenters. The highest BCUT2D eigenvalue weighted by Crippen LogP contribution is 2.43. The number of hydrazone groups is 1. The molecule has 0 radical (unpaired) electrons. The third-order valence-corrected chi connectivity index (χ3v) is 5.71. The first-order valence-corrected chi connectivity index (χ1v) is 10.2. The maximum Gasteiger partial charge on any atom is 0.280 e. The van der Waals surface area contributed by atoms with Gasteiger partial charge in [0, 0.05) is 11.0 Å². The lowest BCUT2D eigenvalue weighted by molar-refractivity contribution is -0.386. The van der Waals surface area contributed by atoms with Gasteiger partial charge in [-0.05, 0) is 12.1 Å². The Balaban J connectivity index is 1.74. The first kappa shape index (κ1) is 19.1. The Morgan fingerprint density at radius 2 is 2.10 bits per heavy atom. The zero-order valence-electron chi connectivity index (χ0n) is 16.0. The van der Waals surface area contributed by atoms with Crippen molar-refractivity contribution in [1.82, 2.24) is 10.3 Å². The number of nitrogens with zero attached hydrogens (tertiary/aromatic N) is 4. The van der Waals surface area contributed by atoms with Crippen LogP contribution in [-0.2, 0) is 4.79 Å². The zero-order chi connectivity index (χ0) is 21.5. The number of nitrogens with one attached hydrogen (secondary N) is 1. The van der Waals surface area contributed by atoms with Crippen molar-refractivity contribution in [3.8, 4) is 11.5 Å². The second-order valence-electron chi connectivity index (χ2n) is 6.69. The maximum atomic E-state index is 13.0. The Morgan fingerprint density at radius 1 is 1.32 bits per heavy atom. The summed E-state index contributed by atoms with van der Waals surface area (Å²) in [6, 6.07) is 9.95. The van der Waals surface area contributed by atoms with E-state index in [9.17, 15) is 14.9 Å². The molecule has 0 saturated carbocycles. The summed E-state index contributed by atoms with van der Waals surface area (Å²) in [5.74, 6) is 0.836. The molecule has 1 unspecified atom stereocenters. The molecule has 10 nitrogen and oxygen atoms in total. The van der Waals surface area contributed by atoms with E-state index in [1.165, 1.54) is 28.9 Å². The average Bonchev–Trinajstić information content (AvgIpc) is 3.23. The summed E-state index contributed by atoms with van der Waals surface area (Å²) in [5, 5.41) is 22.1. The van der Waals surface area contributed by atoms with Crippen LogP contribution < -0.4 is 25.4 Å². The summed E-state index contributed by atoms with van der Waals surface area (Å²) in [5.41, 5.74) is 0.316. The van der Waals surface area contributed by atoms with E-state index in [0.717, 1.165) is 0 Å². The molecular formula is C20H15N5O5S. The number of carbonyl (C=O) groups excluding carboxylic acids is 1. The van der Waals surface area contributed by atoms with Crippen molar-refractivity contribution >= 4 is 34.2 Å². The Labute approximate surface area is 179 Å². The minimum absolute atomic E-state index is 0.0232. The molecule has 0 fully saturated rings. The second-order valence-corrected chi connectivity index (χ2v) is 7.70. The van der Waals surface area contributed by atoms with E-state index < -0.39 is 11.1 Å². The van der Waals surface area contributed by atoms with Crippen molar-refractivity contribution in [2.24, 2.45) is 10.1 Å². The van der Waals surface area contributed by atoms with Gasteiger partial charge in [0.15, 0.2) is 22.8 Å². The molecule has 0 bridgehead atoms. The van der Waals surface area contributed by atoms with Crippen LogP contribution in [0, 0.1) is 10.1 Å². The van der Waals surface area contributed by atoms with Crippen LogP contribution in [0.25, 0.3) is 5.70 Å². The predicted octanol–water partition coefficient (Wildman–Crippen LogP) is 1.39. The van der Waals surface area contributed by atoms with Crippen molar-refractivity contribution in [2.45, 2.75) is 6.17 Å². The number of para-hydroxylation sites is 1. The van der Waals surface area contributed by atoms with Crippen LogP contribution in [0.4, 0.5) is 5.69 Å². The number of amidine groups is 1. The molecule has 3 aliphatic rings. The molecular weight excluding hydrogens is 422 g/mol. The van der Waals surface area contributed by atoms with Gasteiger partial charge >= 0.3 is 0 Å². The van der Waals surface area contributed by atoms with Crippen LogP contribution >= 0.6 is 11.8 Å². The molecule has 11 heteroatoms. The molecule has 3 heterocycles. The minimum Gasteiger partial charge on any atom is -0.454 e. The van der Waals surface area contributed by atoms with E-state index in [1.54, 1.807) is 30.3 Å². The van der Waals surface area contributed by atoms with Gasteiger partial charge in [-0.1, -0.05) is 36.0 Å². The number of rotatable bonds is 4. The van der Waals surface area contributed by atoms with E-state index in [1.807, 2.05) is 0 Å². The lowest BCUT2D eigenvalue weighted by atomic mass is 10.1. The molecule has 1 amide bonds. The number of fused-ring (bicyclic) bond motifs is 3. The number of nitro groups is 1. The minimum atomic E-state index is -0.940. The highest BCUT2D eigenvalue weighted by atomic mass is 32.2. The predicted molar refractivity (Wildman–Crippen MR) is 113 cm³/mol. The summed E-state index contributed by atoms with van der Waals surface area (Å²) in [7, 11) is 0. The fraction of sp³-hybridized carbons (Fsp3) is 0.150. The van der Waals surface area contributed by atoms with Crippen LogP contribution in [0.2, 0.25) is 0 Å². The van der Waals surface area contributed by atoms with Crippen molar-refractivity contribution in [3.63, 3.8) is 0 Å². The van der Waals surface area contributed by atoms with Crippen molar-refractivity contribution in [3.05, 3.63) is 75.3 Å². The largest absolute Gasteiger partial charge is 0.454 e. The fourth-order valence-corrected chi connectivity index (χ4v) is 4.13. The third-order valence-electron chi connectivity index (χ3n) is 4.85. The van der Waals surface area contributed by atoms with Gasteiger partial charge in [-0.3, -0.25) is 25.2 Å². The molecule has 2 aromatic carbocycles. The molecule has 31 heavy (non-hydrogen) atoms. The van der Waals surface area contributed by atoms with E-state index in [4.69, 9.17) is 14.5 Å². The van der Waals surface area contributed by atoms with E-state index in [2.05, 4.69) is 17.0 Å². The molecule has 0 saturated heterocycles. The lowest BCUT2D eigenvalue weighted by Crippen LogP contribution is -2.50. The van der Waals surface area contributed by atoms with Gasteiger partial charge in [0.05, 0.1) is 21.9 Å². The molecule has 156 valence electrons. The quantitative estimate of drug-likeness (QED) is 0.436. The van der Waals surface area contributed by atoms with Gasteiger partial charge in [-0.25, -0.2) is 5.01 Å². The average molecular weight is 437 g/mol. The normalized spacial score (nSPS) is 18.4. The molecule has 5 rings (SSSR count). The standard InChI is InChI=1S/C20H15N5O5S/c1-2-7-31-20-22-19(26)17-11-5-3-4-6-13(11)21-18(24(17)23-20)12-8-15-16(30-10-29-15)9-14(12)25(27)28/h2-6,8-9,18H,1,7,10H2,(H,22,23,26). The van der Waals surface area contributed by atoms with Crippen molar-refractivity contribution < 1.29 is 19.2 Å². The van der Waals surface area contributed by atoms with Gasteiger partial charge in [0.25, 0.3) is 11.6 Å². The Hall–Kier alpha value is -3.86. The Bertz CT molecular complexity index is 1290. The Morgan fingerprint density at radius 3 is 2.87 bits per heavy atom. The van der Waals surface area contributed by atoms with Crippen LogP contribution in [-0.4, -0.2) is 33.6 Å². The molecule has 1 N–H and O–H groups in total. The van der Waals surface area contributed by atoms with Crippen LogP contribution in [0.3, 0.4) is 0 Å². The molecule has 0 spiro atoms. The van der Waals surface area contributed by atoms with Gasteiger partial charge in [-0.2, -0.15) is 0 Å². The molecule has 2 aromatic rings. The molecule has 3 aliphatic heterocycles. The number of benzene rings is 2. The number of carbonyl (C=O) groups is 1. The highest BCUT2D eigenvalue weighted by Gasteiger charge is 2.38. The van der Waals surface area contributed by atoms with E-state index in [0.29, 0.717) is 27.2 Å². The smallest absolute Gasteiger partial charge is 0.280 e. The van der Waals surface area contributed by atoms with Crippen LogP contribution in [0.1, 0.15) is 11.7 Å². The summed E-state index contributed by atoms with van der Waals surface area (Å²) in [6.45, 7) is 3.65. The lowest BCUT2D eigenvalue weighted by Gasteiger charge is -2.33. The van der Waals surface area contributed by atoms with Crippen molar-refractivity contribution in [2.75, 3.05) is 12.5 Å². The fourth-order valence-electron chi connectivity index (χ4n) is 3.54. The second kappa shape index (κ2) is 7.43. The van der Waals surface area contributed by atoms with E-state index >= 15 is 0 Å². The summed E-state index contributed by atoms with van der Waals surface area (Å²) in [4.78, 5) is 29.1. The van der Waals surface area contributed by atoms with Gasteiger partial charge < -0.3 is 9.47 Å². The zero-order valence-corrected chi connectivity index (χ0v) is 16.8. The Kier molecular flexibility index (Phi) is 4.59. The SMILES string of the molecule is C=CCSC1=NN2C(=c3ccccc3=NC2c2cc3c(cc2[N+](=O)[O-])OCO3)C(=O)N1. The highest BCUT2D eigenvalue weighted by molar-refractivity contribution is 8.14. The molecule has 0 aliphatic carbocycles. The monoisotopic (exact) mass is 437 g/mol. The topological polar surface area (TPSA) is 119 Å². The first-order valence-electron chi connectivity index (χ1n) is 9.25. The number of hydrogen-bond donors (Lipinski definition) is 1. The third kappa shape index (κ3) is 3.19. The maximum absolute atomic E-state index is 13.0. The van der Waals surface area contributed by atoms with Gasteiger partial charge in [0.2, 0.25) is 6.79 Å². The van der Waals surface area contributed by atoms with Gasteiger partial charge in [-0.15, -0.1) is 11.7 Å². The van der Waals surface area contributed by atoms with Crippen LogP contribution in [0.15, 0.2) is 59.1 Å². The number of amides is 1. The summed E-state index contributed by atoms with van der Waals surface area (Å²) >= 11 is 1.29. The van der Waals surface area contributed by atoms with Gasteiger partial charge in [0.1, 0.15) is 5.70 Å². The number of ether oxygens (including phenoxy) is 2. The number of hydrogen-bond acceptors (Lipinski definition) is 9. The molecule has 0 aromatic heterocycles. The van der Waals surface area contributed by atoms with Crippen LogP contribution in [0.5, 0.6) is 11.5 Å². The number of nitro benzene ring substituents is 1.